The second-order valence-corrected chi connectivity index (χ2v) is 8.08. The van der Waals surface area contributed by atoms with Crippen molar-refractivity contribution in [3.63, 3.8) is 0 Å². The van der Waals surface area contributed by atoms with Gasteiger partial charge in [-0.1, -0.05) is 12.1 Å². The van der Waals surface area contributed by atoms with Crippen molar-refractivity contribution in [1.82, 2.24) is 19.3 Å². The van der Waals surface area contributed by atoms with Crippen LogP contribution in [0, 0.1) is 0 Å². The third kappa shape index (κ3) is 3.21. The molecule has 0 radical (unpaired) electrons. The van der Waals surface area contributed by atoms with Crippen molar-refractivity contribution in [1.29, 1.82) is 0 Å². The highest BCUT2D eigenvalue weighted by Crippen LogP contribution is 2.27. The zero-order chi connectivity index (χ0) is 21.7. The zero-order valence-electron chi connectivity index (χ0n) is 17.1. The molecule has 4 heterocycles. The van der Waals surface area contributed by atoms with E-state index in [4.69, 9.17) is 4.98 Å². The Morgan fingerprint density at radius 2 is 1.97 bits per heavy atom. The Morgan fingerprint density at radius 3 is 2.78 bits per heavy atom. The summed E-state index contributed by atoms with van der Waals surface area (Å²) in [6, 6.07) is 13.5. The van der Waals surface area contributed by atoms with Crippen LogP contribution in [0.3, 0.4) is 0 Å². The van der Waals surface area contributed by atoms with Gasteiger partial charge in [0, 0.05) is 54.7 Å². The Morgan fingerprint density at radius 1 is 1.12 bits per heavy atom. The first-order valence-corrected chi connectivity index (χ1v) is 10.5. The van der Waals surface area contributed by atoms with E-state index in [9.17, 15) is 9.90 Å². The van der Waals surface area contributed by atoms with Crippen LogP contribution in [0.1, 0.15) is 21.5 Å². The van der Waals surface area contributed by atoms with Crippen molar-refractivity contribution < 1.29 is 9.90 Å². The quantitative estimate of drug-likeness (QED) is 0.525. The van der Waals surface area contributed by atoms with Crippen LogP contribution >= 0.6 is 0 Å². The predicted octanol–water partition coefficient (Wildman–Crippen LogP) is 2.89. The number of aliphatic hydroxyl groups is 1. The molecule has 1 fully saturated rings. The second kappa shape index (κ2) is 7.28. The molecule has 0 aliphatic carbocycles. The number of aromatic nitrogens is 3. The van der Waals surface area contributed by atoms with Gasteiger partial charge in [-0.2, -0.15) is 0 Å². The van der Waals surface area contributed by atoms with Crippen LogP contribution in [0.15, 0.2) is 66.0 Å². The monoisotopic (exact) mass is 424 g/mol. The standard InChI is InChI=1S/C24H20N6O2/c31-20-12-30(13-20)24(32)15-3-5-19(6-4-15)27-22-23-26-7-8-29(23)14-21(28-22)16-1-2-17-10-25-11-18(17)9-16/h1-10,14,20,31H,11-13H2,(H,27,28). The molecule has 0 atom stereocenters. The molecule has 4 aromatic rings. The summed E-state index contributed by atoms with van der Waals surface area (Å²) in [6.07, 6.45) is 7.09. The number of imidazole rings is 1. The number of rotatable bonds is 4. The van der Waals surface area contributed by atoms with Gasteiger partial charge in [0.05, 0.1) is 18.3 Å². The summed E-state index contributed by atoms with van der Waals surface area (Å²) < 4.78 is 1.95. The Hall–Kier alpha value is -4.04. The van der Waals surface area contributed by atoms with Crippen molar-refractivity contribution in [3.05, 3.63) is 77.7 Å². The number of fused-ring (bicyclic) bond motifs is 2. The highest BCUT2D eigenvalue weighted by molar-refractivity contribution is 5.95. The van der Waals surface area contributed by atoms with Gasteiger partial charge >= 0.3 is 0 Å². The molecule has 0 unspecified atom stereocenters. The van der Waals surface area contributed by atoms with E-state index in [2.05, 4.69) is 33.5 Å². The Kier molecular flexibility index (Phi) is 4.26. The summed E-state index contributed by atoms with van der Waals surface area (Å²) in [5.74, 6) is 0.562. The number of anilines is 2. The SMILES string of the molecule is O=C(c1ccc(Nc2nc(-c3ccc4c(c3)CN=C4)cn3ccnc23)cc1)N1CC(O)C1. The summed E-state index contributed by atoms with van der Waals surface area (Å²) in [5, 5.41) is 12.8. The van der Waals surface area contributed by atoms with Gasteiger partial charge in [-0.25, -0.2) is 9.97 Å². The number of hydrogen-bond donors (Lipinski definition) is 2. The van der Waals surface area contributed by atoms with Crippen LogP contribution in [0.5, 0.6) is 0 Å². The van der Waals surface area contributed by atoms with Crippen molar-refractivity contribution in [2.45, 2.75) is 12.6 Å². The van der Waals surface area contributed by atoms with E-state index in [0.717, 1.165) is 22.5 Å². The number of hydrogen-bond acceptors (Lipinski definition) is 6. The molecular formula is C24H20N6O2. The normalized spacial score (nSPS) is 15.1. The summed E-state index contributed by atoms with van der Waals surface area (Å²) in [5.41, 5.74) is 6.31. The third-order valence-corrected chi connectivity index (χ3v) is 5.85. The van der Waals surface area contributed by atoms with E-state index < -0.39 is 6.10 Å². The first kappa shape index (κ1) is 18.7. The molecule has 2 aliphatic rings. The number of nitrogens with zero attached hydrogens (tertiary/aromatic N) is 5. The molecule has 8 heteroatoms. The second-order valence-electron chi connectivity index (χ2n) is 8.08. The lowest BCUT2D eigenvalue weighted by atomic mass is 10.0. The maximum atomic E-state index is 12.4. The lowest BCUT2D eigenvalue weighted by molar-refractivity contribution is 0.00590. The highest BCUT2D eigenvalue weighted by atomic mass is 16.3. The number of nitrogens with one attached hydrogen (secondary N) is 1. The van der Waals surface area contributed by atoms with Gasteiger partial charge in [0.1, 0.15) is 0 Å². The van der Waals surface area contributed by atoms with Gasteiger partial charge in [0.15, 0.2) is 11.5 Å². The van der Waals surface area contributed by atoms with E-state index in [1.165, 1.54) is 5.56 Å². The summed E-state index contributed by atoms with van der Waals surface area (Å²) in [6.45, 7) is 1.48. The molecule has 1 saturated heterocycles. The minimum Gasteiger partial charge on any atom is -0.389 e. The topological polar surface area (TPSA) is 95.1 Å². The van der Waals surface area contributed by atoms with Crippen LogP contribution < -0.4 is 5.32 Å². The van der Waals surface area contributed by atoms with Gasteiger partial charge in [-0.05, 0) is 41.5 Å². The fourth-order valence-electron chi connectivity index (χ4n) is 4.06. The molecule has 32 heavy (non-hydrogen) atoms. The molecule has 6 rings (SSSR count). The van der Waals surface area contributed by atoms with Gasteiger partial charge in [0.2, 0.25) is 0 Å². The molecule has 2 aliphatic heterocycles. The van der Waals surface area contributed by atoms with Gasteiger partial charge in [-0.15, -0.1) is 0 Å². The predicted molar refractivity (Wildman–Crippen MR) is 121 cm³/mol. The summed E-state index contributed by atoms with van der Waals surface area (Å²) in [4.78, 5) is 27.7. The van der Waals surface area contributed by atoms with Gasteiger partial charge < -0.3 is 19.7 Å². The van der Waals surface area contributed by atoms with Crippen LogP contribution in [-0.4, -0.2) is 55.7 Å². The zero-order valence-corrected chi connectivity index (χ0v) is 17.1. The minimum absolute atomic E-state index is 0.0711. The molecule has 0 spiro atoms. The van der Waals surface area contributed by atoms with E-state index in [-0.39, 0.29) is 5.91 Å². The number of β-amino-alcohol motifs (C(OH)–C–C–N with tert-alkyl or cyclic N) is 1. The average molecular weight is 424 g/mol. The first-order chi connectivity index (χ1) is 15.6. The average Bonchev–Trinajstić information content (AvgIpc) is 3.46. The molecule has 2 aromatic carbocycles. The van der Waals surface area contributed by atoms with Crippen molar-refractivity contribution in [3.8, 4) is 11.3 Å². The van der Waals surface area contributed by atoms with E-state index in [1.54, 1.807) is 23.2 Å². The maximum Gasteiger partial charge on any atom is 0.254 e. The van der Waals surface area contributed by atoms with Gasteiger partial charge in [0.25, 0.3) is 5.91 Å². The number of aliphatic hydroxyl groups excluding tert-OH is 1. The first-order valence-electron chi connectivity index (χ1n) is 10.5. The fraction of sp³-hybridized carbons (Fsp3) is 0.167. The molecule has 0 bridgehead atoms. The molecule has 158 valence electrons. The van der Waals surface area contributed by atoms with Crippen molar-refractivity contribution >= 4 is 29.3 Å². The van der Waals surface area contributed by atoms with Crippen LogP contribution in [-0.2, 0) is 6.54 Å². The Bertz CT molecular complexity index is 1370. The van der Waals surface area contributed by atoms with Crippen molar-refractivity contribution in [2.75, 3.05) is 18.4 Å². The van der Waals surface area contributed by atoms with Crippen LogP contribution in [0.2, 0.25) is 0 Å². The van der Waals surface area contributed by atoms with Gasteiger partial charge in [-0.3, -0.25) is 9.79 Å². The van der Waals surface area contributed by atoms with E-state index >= 15 is 0 Å². The molecule has 2 aromatic heterocycles. The Labute approximate surface area is 183 Å². The third-order valence-electron chi connectivity index (χ3n) is 5.85. The smallest absolute Gasteiger partial charge is 0.254 e. The van der Waals surface area contributed by atoms with Crippen LogP contribution in [0.25, 0.3) is 16.9 Å². The molecule has 0 saturated carbocycles. The largest absolute Gasteiger partial charge is 0.389 e. The maximum absolute atomic E-state index is 12.4. The molecule has 8 nitrogen and oxygen atoms in total. The number of likely N-dealkylation sites (tertiary alicyclic amines) is 1. The van der Waals surface area contributed by atoms with E-state index in [1.807, 2.05) is 35.1 Å². The Balaban J connectivity index is 1.30. The summed E-state index contributed by atoms with van der Waals surface area (Å²) >= 11 is 0. The number of amides is 1. The van der Waals surface area contributed by atoms with E-state index in [0.29, 0.717) is 36.7 Å². The number of benzene rings is 2. The minimum atomic E-state index is -0.409. The van der Waals surface area contributed by atoms with Crippen molar-refractivity contribution in [2.24, 2.45) is 4.99 Å². The van der Waals surface area contributed by atoms with Crippen LogP contribution in [0.4, 0.5) is 11.5 Å². The molecule has 2 N–H and O–H groups in total. The highest BCUT2D eigenvalue weighted by Gasteiger charge is 2.29. The number of carbonyl (C=O) groups excluding carboxylic acids is 1. The number of carbonyl (C=O) groups is 1. The molecular weight excluding hydrogens is 404 g/mol. The lowest BCUT2D eigenvalue weighted by Gasteiger charge is -2.35. The molecule has 1 amide bonds. The lowest BCUT2D eigenvalue weighted by Crippen LogP contribution is -2.53. The summed E-state index contributed by atoms with van der Waals surface area (Å²) in [7, 11) is 0. The number of aliphatic imine (C=N–C) groups is 1. The fourth-order valence-corrected chi connectivity index (χ4v) is 4.06.